The molecule has 0 spiro atoms. The lowest BCUT2D eigenvalue weighted by Crippen LogP contribution is -2.47. The number of nitrogens with zero attached hydrogens (tertiary/aromatic N) is 5. The third-order valence-corrected chi connectivity index (χ3v) is 5.91. The van der Waals surface area contributed by atoms with Gasteiger partial charge in [-0.1, -0.05) is 41.0 Å². The number of rotatable bonds is 3. The molecule has 0 N–H and O–H groups in total. The van der Waals surface area contributed by atoms with Gasteiger partial charge in [-0.05, 0) is 43.2 Å². The van der Waals surface area contributed by atoms with Gasteiger partial charge in [0.25, 0.3) is 5.71 Å². The van der Waals surface area contributed by atoms with Crippen LogP contribution in [0.5, 0.6) is 0 Å². The average molecular weight is 420 g/mol. The molecule has 152 valence electrons. The Balaban J connectivity index is 1.45. The smallest absolute Gasteiger partial charge is 0.263 e. The molecule has 0 unspecified atom stereocenters. The average Bonchev–Trinajstić information content (AvgIpc) is 3.20. The molecule has 1 aliphatic heterocycles. The lowest BCUT2D eigenvalue weighted by molar-refractivity contribution is 0.451. The third kappa shape index (κ3) is 3.37. The Bertz CT molecular complexity index is 1200. The van der Waals surface area contributed by atoms with Gasteiger partial charge >= 0.3 is 0 Å². The Morgan fingerprint density at radius 1 is 0.900 bits per heavy atom. The Morgan fingerprint density at radius 3 is 2.40 bits per heavy atom. The van der Waals surface area contributed by atoms with Gasteiger partial charge in [0, 0.05) is 42.5 Å². The minimum absolute atomic E-state index is 0.502. The topological polar surface area (TPSA) is 58.3 Å². The van der Waals surface area contributed by atoms with Crippen molar-refractivity contribution in [3.8, 4) is 11.3 Å². The van der Waals surface area contributed by atoms with Gasteiger partial charge in [-0.25, -0.2) is 4.98 Å². The second-order valence-corrected chi connectivity index (χ2v) is 8.12. The van der Waals surface area contributed by atoms with Gasteiger partial charge in [-0.15, -0.1) is 0 Å². The molecule has 3 heterocycles. The van der Waals surface area contributed by atoms with Crippen LogP contribution >= 0.6 is 11.6 Å². The molecule has 5 rings (SSSR count). The summed E-state index contributed by atoms with van der Waals surface area (Å²) in [4.78, 5) is 13.6. The van der Waals surface area contributed by atoms with Crippen molar-refractivity contribution >= 4 is 34.2 Å². The van der Waals surface area contributed by atoms with E-state index in [0.29, 0.717) is 10.7 Å². The molecule has 0 saturated carbocycles. The highest BCUT2D eigenvalue weighted by Crippen LogP contribution is 2.34. The number of halogens is 1. The first-order chi connectivity index (χ1) is 14.6. The molecule has 1 saturated heterocycles. The van der Waals surface area contributed by atoms with Crippen LogP contribution in [0.2, 0.25) is 5.02 Å². The van der Waals surface area contributed by atoms with E-state index >= 15 is 0 Å². The fourth-order valence-electron chi connectivity index (χ4n) is 4.04. The first-order valence-corrected chi connectivity index (χ1v) is 10.4. The van der Waals surface area contributed by atoms with Crippen molar-refractivity contribution in [1.82, 2.24) is 15.1 Å². The first-order valence-electron chi connectivity index (χ1n) is 10.0. The summed E-state index contributed by atoms with van der Waals surface area (Å²) in [6, 6.07) is 14.2. The fraction of sp³-hybridized carbons (Fsp3) is 0.261. The van der Waals surface area contributed by atoms with E-state index in [1.54, 1.807) is 6.33 Å². The highest BCUT2D eigenvalue weighted by atomic mass is 35.5. The number of benzene rings is 2. The standard InChI is InChI=1S/C23H22ClN5O/c1-15-3-4-16(2)19(13-15)28-9-11-29(12-10-28)22-20-21(17-5-7-18(24)8-6-17)27-30-23(20)26-14-25-22/h3-8,13-14H,9-12H2,1-2H3. The molecular weight excluding hydrogens is 398 g/mol. The van der Waals surface area contributed by atoms with Gasteiger partial charge in [0.2, 0.25) is 0 Å². The maximum absolute atomic E-state index is 6.05. The van der Waals surface area contributed by atoms with Gasteiger partial charge < -0.3 is 14.3 Å². The molecule has 0 bridgehead atoms. The number of anilines is 2. The van der Waals surface area contributed by atoms with Crippen LogP contribution in [-0.2, 0) is 0 Å². The maximum Gasteiger partial charge on any atom is 0.263 e. The van der Waals surface area contributed by atoms with E-state index in [0.717, 1.165) is 48.6 Å². The summed E-state index contributed by atoms with van der Waals surface area (Å²) in [5.74, 6) is 0.867. The van der Waals surface area contributed by atoms with Crippen LogP contribution in [-0.4, -0.2) is 41.3 Å². The predicted octanol–water partition coefficient (Wildman–Crippen LogP) is 4.88. The second kappa shape index (κ2) is 7.61. The van der Waals surface area contributed by atoms with E-state index in [1.807, 2.05) is 24.3 Å². The van der Waals surface area contributed by atoms with Crippen molar-refractivity contribution in [3.05, 3.63) is 64.9 Å². The molecule has 0 radical (unpaired) electrons. The highest BCUT2D eigenvalue weighted by Gasteiger charge is 2.24. The summed E-state index contributed by atoms with van der Waals surface area (Å²) >= 11 is 6.05. The molecule has 0 amide bonds. The van der Waals surface area contributed by atoms with E-state index in [1.165, 1.54) is 16.8 Å². The van der Waals surface area contributed by atoms with Gasteiger partial charge in [-0.3, -0.25) is 0 Å². The summed E-state index contributed by atoms with van der Waals surface area (Å²) < 4.78 is 5.51. The third-order valence-electron chi connectivity index (χ3n) is 5.65. The molecule has 4 aromatic rings. The molecule has 7 heteroatoms. The number of fused-ring (bicyclic) bond motifs is 1. The van der Waals surface area contributed by atoms with Crippen molar-refractivity contribution in [1.29, 1.82) is 0 Å². The minimum atomic E-state index is 0.502. The Hall–Kier alpha value is -3.12. The van der Waals surface area contributed by atoms with Gasteiger partial charge in [0.15, 0.2) is 0 Å². The normalized spacial score (nSPS) is 14.5. The number of piperazine rings is 1. The molecule has 2 aromatic heterocycles. The number of hydrogen-bond acceptors (Lipinski definition) is 6. The molecule has 0 atom stereocenters. The molecule has 1 aliphatic rings. The van der Waals surface area contributed by atoms with Gasteiger partial charge in [0.05, 0.1) is 0 Å². The van der Waals surface area contributed by atoms with Crippen LogP contribution in [0, 0.1) is 13.8 Å². The molecular formula is C23H22ClN5O. The van der Waals surface area contributed by atoms with Crippen molar-refractivity contribution in [2.24, 2.45) is 0 Å². The SMILES string of the molecule is Cc1ccc(C)c(N2CCN(c3ncnc4onc(-c5ccc(Cl)cc5)c34)CC2)c1. The van der Waals surface area contributed by atoms with Crippen LogP contribution < -0.4 is 9.80 Å². The lowest BCUT2D eigenvalue weighted by atomic mass is 10.1. The quantitative estimate of drug-likeness (QED) is 0.471. The van der Waals surface area contributed by atoms with E-state index in [4.69, 9.17) is 16.1 Å². The van der Waals surface area contributed by atoms with Crippen LogP contribution in [0.3, 0.4) is 0 Å². The van der Waals surface area contributed by atoms with E-state index in [2.05, 4.69) is 57.0 Å². The van der Waals surface area contributed by atoms with Crippen LogP contribution in [0.15, 0.2) is 53.3 Å². The Morgan fingerprint density at radius 2 is 1.63 bits per heavy atom. The predicted molar refractivity (Wildman–Crippen MR) is 120 cm³/mol. The van der Waals surface area contributed by atoms with Crippen LogP contribution in [0.1, 0.15) is 11.1 Å². The number of hydrogen-bond donors (Lipinski definition) is 0. The minimum Gasteiger partial charge on any atom is -0.368 e. The van der Waals surface area contributed by atoms with Crippen molar-refractivity contribution in [2.75, 3.05) is 36.0 Å². The number of aromatic nitrogens is 3. The summed E-state index contributed by atoms with van der Waals surface area (Å²) in [5.41, 5.74) is 6.09. The highest BCUT2D eigenvalue weighted by molar-refractivity contribution is 6.30. The second-order valence-electron chi connectivity index (χ2n) is 7.68. The number of aryl methyl sites for hydroxylation is 2. The monoisotopic (exact) mass is 419 g/mol. The van der Waals surface area contributed by atoms with E-state index in [9.17, 15) is 0 Å². The fourth-order valence-corrected chi connectivity index (χ4v) is 4.16. The van der Waals surface area contributed by atoms with Gasteiger partial charge in [0.1, 0.15) is 23.2 Å². The summed E-state index contributed by atoms with van der Waals surface area (Å²) in [6.07, 6.45) is 1.55. The zero-order valence-corrected chi connectivity index (χ0v) is 17.7. The lowest BCUT2D eigenvalue weighted by Gasteiger charge is -2.37. The van der Waals surface area contributed by atoms with Crippen molar-refractivity contribution in [3.63, 3.8) is 0 Å². The summed E-state index contributed by atoms with van der Waals surface area (Å²) in [6.45, 7) is 7.90. The van der Waals surface area contributed by atoms with Crippen molar-refractivity contribution < 1.29 is 4.52 Å². The molecule has 1 fully saturated rings. The zero-order valence-electron chi connectivity index (χ0n) is 17.0. The van der Waals surface area contributed by atoms with Crippen molar-refractivity contribution in [2.45, 2.75) is 13.8 Å². The van der Waals surface area contributed by atoms with Crippen LogP contribution in [0.4, 0.5) is 11.5 Å². The zero-order chi connectivity index (χ0) is 20.7. The molecule has 0 aliphatic carbocycles. The van der Waals surface area contributed by atoms with E-state index in [-0.39, 0.29) is 0 Å². The first kappa shape index (κ1) is 18.9. The van der Waals surface area contributed by atoms with Crippen LogP contribution in [0.25, 0.3) is 22.4 Å². The Kier molecular flexibility index (Phi) is 4.79. The van der Waals surface area contributed by atoms with Gasteiger partial charge in [-0.2, -0.15) is 4.98 Å². The Labute approximate surface area is 180 Å². The van der Waals surface area contributed by atoms with E-state index < -0.39 is 0 Å². The largest absolute Gasteiger partial charge is 0.368 e. The summed E-state index contributed by atoms with van der Waals surface area (Å²) in [7, 11) is 0. The molecule has 2 aromatic carbocycles. The maximum atomic E-state index is 6.05. The summed E-state index contributed by atoms with van der Waals surface area (Å²) in [5, 5.41) is 5.81. The molecule has 6 nitrogen and oxygen atoms in total. The molecule has 30 heavy (non-hydrogen) atoms.